The number of nitrogens with zero attached hydrogens (tertiary/aromatic N) is 5. The van der Waals surface area contributed by atoms with Crippen molar-refractivity contribution >= 4 is 22.8 Å². The Hall–Kier alpha value is -1.43. The molecule has 3 rings (SSSR count). The van der Waals surface area contributed by atoms with Gasteiger partial charge in [0.15, 0.2) is 0 Å². The number of fused-ring (bicyclic) bond motifs is 1. The molecular formula is C11H15N6O2Re-. The van der Waals surface area contributed by atoms with E-state index in [1.165, 1.54) is 0 Å². The fraction of sp³-hybridized carbons (Fsp3) is 0.545. The van der Waals surface area contributed by atoms with Crippen LogP contribution in [0.25, 0.3) is 11.0 Å². The van der Waals surface area contributed by atoms with Crippen molar-refractivity contribution < 1.29 is 29.9 Å². The molecule has 1 radical (unpaired) electrons. The van der Waals surface area contributed by atoms with Crippen LogP contribution in [-0.2, 0) is 25.2 Å². The number of nitrogen functional groups attached to an aromatic ring is 1. The van der Waals surface area contributed by atoms with E-state index in [-0.39, 0.29) is 26.4 Å². The summed E-state index contributed by atoms with van der Waals surface area (Å²) in [5.41, 5.74) is 6.19. The van der Waals surface area contributed by atoms with Crippen LogP contribution < -0.4 is 20.5 Å². The summed E-state index contributed by atoms with van der Waals surface area (Å²) in [7, 11) is 1.55. The molecule has 0 bridgehead atoms. The first-order valence-electron chi connectivity index (χ1n) is 6.13. The fourth-order valence-corrected chi connectivity index (χ4v) is 2.19. The van der Waals surface area contributed by atoms with Gasteiger partial charge in [-0.1, -0.05) is 0 Å². The van der Waals surface area contributed by atoms with Gasteiger partial charge in [-0.25, -0.2) is 10.1 Å². The van der Waals surface area contributed by atoms with Gasteiger partial charge in [-0.15, -0.1) is 0 Å². The van der Waals surface area contributed by atoms with Crippen molar-refractivity contribution in [2.45, 2.75) is 6.42 Å². The second-order valence-corrected chi connectivity index (χ2v) is 4.27. The van der Waals surface area contributed by atoms with Crippen LogP contribution in [0.4, 0.5) is 11.8 Å². The van der Waals surface area contributed by atoms with Gasteiger partial charge in [0.05, 0.1) is 19.1 Å². The molecule has 0 spiro atoms. The summed E-state index contributed by atoms with van der Waals surface area (Å²) in [6, 6.07) is 0. The first-order valence-corrected chi connectivity index (χ1v) is 6.13. The van der Waals surface area contributed by atoms with Crippen molar-refractivity contribution in [3.8, 4) is 5.88 Å². The Morgan fingerprint density at radius 1 is 1.30 bits per heavy atom. The van der Waals surface area contributed by atoms with Gasteiger partial charge in [-0.2, -0.15) is 0 Å². The standard InChI is InChI=1S/C11H15N6O2.Re/c1-18-10-7-8(15-16-10)13-11(12)14-9(7)17-3-2-5-19-6-4-17;/h2-6H2,1H3,(H2-,12,13,14,15,16);/q-1;. The zero-order valence-electron chi connectivity index (χ0n) is 11.0. The molecule has 2 aromatic heterocycles. The number of hydrogen-bond acceptors (Lipinski definition) is 7. The van der Waals surface area contributed by atoms with Crippen LogP contribution in [-0.4, -0.2) is 48.5 Å². The van der Waals surface area contributed by atoms with E-state index in [0.717, 1.165) is 31.9 Å². The van der Waals surface area contributed by atoms with Gasteiger partial charge in [-0.05, 0) is 12.1 Å². The van der Waals surface area contributed by atoms with Crippen LogP contribution in [0.3, 0.4) is 0 Å². The van der Waals surface area contributed by atoms with E-state index >= 15 is 0 Å². The Bertz CT molecular complexity index is 582. The molecule has 1 fully saturated rings. The van der Waals surface area contributed by atoms with Crippen LogP contribution in [0.5, 0.6) is 5.88 Å². The van der Waals surface area contributed by atoms with Crippen molar-refractivity contribution in [1.82, 2.24) is 20.2 Å². The van der Waals surface area contributed by atoms with E-state index in [1.54, 1.807) is 7.11 Å². The van der Waals surface area contributed by atoms with Crippen molar-refractivity contribution in [2.24, 2.45) is 0 Å². The second kappa shape index (κ2) is 6.35. The van der Waals surface area contributed by atoms with E-state index in [0.29, 0.717) is 23.5 Å². The van der Waals surface area contributed by atoms with E-state index in [9.17, 15) is 0 Å². The topological polar surface area (TPSA) is 100 Å². The van der Waals surface area contributed by atoms with Crippen molar-refractivity contribution in [3.05, 3.63) is 0 Å². The molecule has 109 valence electrons. The summed E-state index contributed by atoms with van der Waals surface area (Å²) >= 11 is 0. The number of nitrogens with two attached hydrogens (primary N) is 1. The number of hydrogen-bond donors (Lipinski definition) is 1. The molecule has 20 heavy (non-hydrogen) atoms. The maximum Gasteiger partial charge on any atom is 0.223 e. The first-order chi connectivity index (χ1) is 9.29. The molecule has 2 aromatic rings. The summed E-state index contributed by atoms with van der Waals surface area (Å²) in [4.78, 5) is 10.5. The predicted molar refractivity (Wildman–Crippen MR) is 69.3 cm³/mol. The van der Waals surface area contributed by atoms with Gasteiger partial charge >= 0.3 is 0 Å². The zero-order chi connectivity index (χ0) is 13.2. The van der Waals surface area contributed by atoms with Gasteiger partial charge in [0, 0.05) is 40.1 Å². The van der Waals surface area contributed by atoms with Crippen molar-refractivity contribution in [2.75, 3.05) is 44.0 Å². The van der Waals surface area contributed by atoms with Gasteiger partial charge < -0.3 is 30.2 Å². The largest absolute Gasteiger partial charge is 0.481 e. The van der Waals surface area contributed by atoms with Gasteiger partial charge in [-0.3, -0.25) is 0 Å². The van der Waals surface area contributed by atoms with E-state index in [2.05, 4.69) is 25.1 Å². The third-order valence-electron chi connectivity index (χ3n) is 3.05. The molecule has 8 nitrogen and oxygen atoms in total. The molecule has 0 amide bonds. The molecule has 3 heterocycles. The normalized spacial score (nSPS) is 15.8. The molecule has 0 aromatic carbocycles. The average molecular weight is 449 g/mol. The minimum Gasteiger partial charge on any atom is -0.481 e. The SMILES string of the molecule is COc1n[n-]c2nc(N)nc(N3CCCOCC3)c12.[Re]. The monoisotopic (exact) mass is 450 g/mol. The average Bonchev–Trinajstić information content (AvgIpc) is 2.64. The Morgan fingerprint density at radius 2 is 2.15 bits per heavy atom. The van der Waals surface area contributed by atoms with Gasteiger partial charge in [0.1, 0.15) is 11.8 Å². The zero-order valence-corrected chi connectivity index (χ0v) is 13.8. The number of rotatable bonds is 2. The molecule has 1 aliphatic rings. The molecule has 9 heteroatoms. The van der Waals surface area contributed by atoms with E-state index in [1.807, 2.05) is 0 Å². The summed E-state index contributed by atoms with van der Waals surface area (Å²) in [6.07, 6.45) is 0.940. The molecule has 0 saturated carbocycles. The van der Waals surface area contributed by atoms with Crippen molar-refractivity contribution in [3.63, 3.8) is 0 Å². The third-order valence-corrected chi connectivity index (χ3v) is 3.05. The smallest absolute Gasteiger partial charge is 0.223 e. The summed E-state index contributed by atoms with van der Waals surface area (Å²) in [5.74, 6) is 1.33. The predicted octanol–water partition coefficient (Wildman–Crippen LogP) is -0.203. The number of aromatic nitrogens is 4. The quantitative estimate of drug-likeness (QED) is 0.673. The van der Waals surface area contributed by atoms with E-state index in [4.69, 9.17) is 15.2 Å². The van der Waals surface area contributed by atoms with Crippen LogP contribution in [0, 0.1) is 0 Å². The van der Waals surface area contributed by atoms with E-state index < -0.39 is 0 Å². The number of methoxy groups -OCH3 is 1. The third kappa shape index (κ3) is 2.70. The van der Waals surface area contributed by atoms with Crippen LogP contribution in [0.2, 0.25) is 0 Å². The van der Waals surface area contributed by atoms with Crippen LogP contribution in [0.1, 0.15) is 6.42 Å². The molecular weight excluding hydrogens is 434 g/mol. The summed E-state index contributed by atoms with van der Waals surface area (Å²) in [5, 5.41) is 8.62. The molecule has 0 atom stereocenters. The van der Waals surface area contributed by atoms with Crippen molar-refractivity contribution in [1.29, 1.82) is 0 Å². The van der Waals surface area contributed by atoms with Gasteiger partial charge in [0.2, 0.25) is 5.88 Å². The number of ether oxygens (including phenoxy) is 2. The van der Waals surface area contributed by atoms with Crippen LogP contribution in [0.15, 0.2) is 0 Å². The fourth-order valence-electron chi connectivity index (χ4n) is 2.19. The molecule has 0 aliphatic carbocycles. The Morgan fingerprint density at radius 3 is 2.95 bits per heavy atom. The van der Waals surface area contributed by atoms with Crippen LogP contribution >= 0.6 is 0 Å². The Labute approximate surface area is 129 Å². The maximum absolute atomic E-state index is 5.73. The molecule has 1 saturated heterocycles. The first kappa shape index (κ1) is 15.0. The minimum absolute atomic E-state index is 0. The summed E-state index contributed by atoms with van der Waals surface area (Å²) < 4.78 is 10.7. The Balaban J connectivity index is 0.00000147. The Kier molecular flexibility index (Phi) is 4.75. The minimum atomic E-state index is 0. The maximum atomic E-state index is 5.73. The second-order valence-electron chi connectivity index (χ2n) is 4.27. The van der Waals surface area contributed by atoms with Gasteiger partial charge in [0.25, 0.3) is 0 Å². The molecule has 2 N–H and O–H groups in total. The number of anilines is 2. The molecule has 0 unspecified atom stereocenters. The summed E-state index contributed by atoms with van der Waals surface area (Å²) in [6.45, 7) is 3.02. The molecule has 1 aliphatic heterocycles.